The quantitative estimate of drug-likeness (QED) is 0.0345. The number of hydrogen-bond donors (Lipinski definition) is 0. The second-order valence-electron chi connectivity index (χ2n) is 19.5. The Morgan fingerprint density at radius 2 is 0.550 bits per heavy atom. The van der Waals surface area contributed by atoms with Crippen LogP contribution in [0.5, 0.6) is 0 Å². The highest BCUT2D eigenvalue weighted by molar-refractivity contribution is 5.71. The molecule has 0 saturated heterocycles. The summed E-state index contributed by atoms with van der Waals surface area (Å²) in [6, 6.07) is 0. The maximum absolute atomic E-state index is 12.8. The van der Waals surface area contributed by atoms with Gasteiger partial charge in [-0.15, -0.1) is 0 Å². The van der Waals surface area contributed by atoms with Gasteiger partial charge in [0.05, 0.1) is 0 Å². The molecule has 0 saturated carbocycles. The van der Waals surface area contributed by atoms with Gasteiger partial charge in [0.1, 0.15) is 13.2 Å². The zero-order chi connectivity index (χ0) is 44.0. The van der Waals surface area contributed by atoms with E-state index in [1.165, 1.54) is 186 Å². The molecule has 0 aliphatic rings. The van der Waals surface area contributed by atoms with Gasteiger partial charge in [-0.2, -0.15) is 0 Å². The summed E-state index contributed by atoms with van der Waals surface area (Å²) in [5, 5.41) is 0. The first kappa shape index (κ1) is 58.4. The van der Waals surface area contributed by atoms with Crippen LogP contribution < -0.4 is 0 Å². The van der Waals surface area contributed by atoms with Crippen molar-refractivity contribution in [2.45, 2.75) is 304 Å². The molecule has 6 nitrogen and oxygen atoms in total. The summed E-state index contributed by atoms with van der Waals surface area (Å²) in [6.07, 6.45) is 48.1. The lowest BCUT2D eigenvalue weighted by Crippen LogP contribution is -2.30. The van der Waals surface area contributed by atoms with Crippen LogP contribution in [0.25, 0.3) is 0 Å². The minimum atomic E-state index is -0.762. The van der Waals surface area contributed by atoms with Crippen molar-refractivity contribution in [2.75, 3.05) is 13.2 Å². The normalized spacial score (nSPS) is 12.1. The minimum Gasteiger partial charge on any atom is -0.462 e. The van der Waals surface area contributed by atoms with Crippen LogP contribution in [-0.2, 0) is 28.6 Å². The molecule has 0 aromatic heterocycles. The second kappa shape index (κ2) is 46.9. The molecule has 0 aromatic rings. The second-order valence-corrected chi connectivity index (χ2v) is 19.5. The van der Waals surface area contributed by atoms with E-state index in [9.17, 15) is 14.4 Å². The molecule has 60 heavy (non-hydrogen) atoms. The number of hydrogen-bond acceptors (Lipinski definition) is 6. The van der Waals surface area contributed by atoms with Gasteiger partial charge in [0.2, 0.25) is 0 Å². The van der Waals surface area contributed by atoms with Crippen molar-refractivity contribution in [3.8, 4) is 0 Å². The molecule has 0 radical (unpaired) electrons. The van der Waals surface area contributed by atoms with E-state index in [2.05, 4.69) is 34.6 Å². The van der Waals surface area contributed by atoms with Crippen molar-refractivity contribution >= 4 is 17.9 Å². The van der Waals surface area contributed by atoms with E-state index in [0.29, 0.717) is 19.3 Å². The van der Waals surface area contributed by atoms with Gasteiger partial charge in [-0.1, -0.05) is 259 Å². The van der Waals surface area contributed by atoms with E-state index < -0.39 is 6.10 Å². The van der Waals surface area contributed by atoms with Crippen LogP contribution in [0, 0.1) is 11.8 Å². The number of esters is 3. The third kappa shape index (κ3) is 47.5. The maximum Gasteiger partial charge on any atom is 0.306 e. The fourth-order valence-electron chi connectivity index (χ4n) is 8.17. The van der Waals surface area contributed by atoms with Gasteiger partial charge in [-0.3, -0.25) is 14.4 Å². The van der Waals surface area contributed by atoms with Crippen molar-refractivity contribution in [2.24, 2.45) is 11.8 Å². The van der Waals surface area contributed by atoms with E-state index in [1.807, 2.05) is 0 Å². The van der Waals surface area contributed by atoms with Crippen LogP contribution in [0.1, 0.15) is 298 Å². The highest BCUT2D eigenvalue weighted by Crippen LogP contribution is 2.17. The van der Waals surface area contributed by atoms with Crippen molar-refractivity contribution < 1.29 is 28.6 Å². The molecule has 0 N–H and O–H groups in total. The third-order valence-electron chi connectivity index (χ3n) is 12.2. The summed E-state index contributed by atoms with van der Waals surface area (Å²) in [4.78, 5) is 37.9. The molecule has 0 heterocycles. The summed E-state index contributed by atoms with van der Waals surface area (Å²) in [5.74, 6) is 0.774. The Bertz CT molecular complexity index is 916. The zero-order valence-electron chi connectivity index (χ0n) is 41.1. The Balaban J connectivity index is 4.25. The largest absolute Gasteiger partial charge is 0.462 e. The van der Waals surface area contributed by atoms with E-state index in [4.69, 9.17) is 14.2 Å². The predicted molar refractivity (Wildman–Crippen MR) is 256 cm³/mol. The molecule has 6 heteroatoms. The Morgan fingerprint density at radius 1 is 0.317 bits per heavy atom. The summed E-state index contributed by atoms with van der Waals surface area (Å²) >= 11 is 0. The fraction of sp³-hybridized carbons (Fsp3) is 0.944. The number of unbranched alkanes of at least 4 members (excludes halogenated alkanes) is 33. The van der Waals surface area contributed by atoms with Crippen LogP contribution in [0.4, 0.5) is 0 Å². The first-order valence-corrected chi connectivity index (χ1v) is 26.7. The highest BCUT2D eigenvalue weighted by atomic mass is 16.6. The summed E-state index contributed by atoms with van der Waals surface area (Å²) in [5.41, 5.74) is 0. The molecule has 0 aliphatic carbocycles. The predicted octanol–water partition coefficient (Wildman–Crippen LogP) is 17.3. The molecule has 0 amide bonds. The lowest BCUT2D eigenvalue weighted by molar-refractivity contribution is -0.167. The van der Waals surface area contributed by atoms with Crippen molar-refractivity contribution in [1.82, 2.24) is 0 Å². The number of rotatable bonds is 48. The molecule has 0 unspecified atom stereocenters. The maximum atomic E-state index is 12.8. The summed E-state index contributed by atoms with van der Waals surface area (Å²) < 4.78 is 16.8. The monoisotopic (exact) mass is 849 g/mol. The standard InChI is InChI=1S/C54H104O6/c1-6-7-8-9-10-11-12-13-14-18-21-24-29-34-39-44-52(55)58-47-51(60-54(57)46-41-36-31-26-28-33-38-43-50(4)5)48-59-53(56)45-40-35-30-25-22-19-16-15-17-20-23-27-32-37-42-49(2)3/h49-51H,6-48H2,1-5H3/t51-/m1/s1. The van der Waals surface area contributed by atoms with E-state index in [0.717, 1.165) is 69.6 Å². The van der Waals surface area contributed by atoms with E-state index >= 15 is 0 Å². The van der Waals surface area contributed by atoms with Crippen LogP contribution in [-0.4, -0.2) is 37.2 Å². The van der Waals surface area contributed by atoms with Gasteiger partial charge >= 0.3 is 17.9 Å². The average Bonchev–Trinajstić information content (AvgIpc) is 3.22. The van der Waals surface area contributed by atoms with Gasteiger partial charge in [0.25, 0.3) is 0 Å². The van der Waals surface area contributed by atoms with Gasteiger partial charge in [-0.05, 0) is 31.1 Å². The lowest BCUT2D eigenvalue weighted by atomic mass is 10.0. The molecule has 0 rings (SSSR count). The van der Waals surface area contributed by atoms with Gasteiger partial charge < -0.3 is 14.2 Å². The summed E-state index contributed by atoms with van der Waals surface area (Å²) in [6.45, 7) is 11.3. The van der Waals surface area contributed by atoms with Gasteiger partial charge in [0, 0.05) is 19.3 Å². The number of ether oxygens (including phenoxy) is 3. The first-order valence-electron chi connectivity index (χ1n) is 26.7. The Morgan fingerprint density at radius 3 is 0.817 bits per heavy atom. The molecular weight excluding hydrogens is 745 g/mol. The van der Waals surface area contributed by atoms with Crippen LogP contribution in [0.15, 0.2) is 0 Å². The zero-order valence-corrected chi connectivity index (χ0v) is 41.1. The minimum absolute atomic E-state index is 0.0641. The Labute approximate surface area is 374 Å². The molecule has 356 valence electrons. The van der Waals surface area contributed by atoms with Crippen LogP contribution in [0.2, 0.25) is 0 Å². The first-order chi connectivity index (χ1) is 29.2. The molecule has 0 aliphatic heterocycles. The molecule has 0 fully saturated rings. The number of carbonyl (C=O) groups excluding carboxylic acids is 3. The molecule has 1 atom stereocenters. The topological polar surface area (TPSA) is 78.9 Å². The lowest BCUT2D eigenvalue weighted by Gasteiger charge is -2.18. The third-order valence-corrected chi connectivity index (χ3v) is 12.2. The van der Waals surface area contributed by atoms with Gasteiger partial charge in [0.15, 0.2) is 6.10 Å². The molecule has 0 aromatic carbocycles. The summed E-state index contributed by atoms with van der Waals surface area (Å²) in [7, 11) is 0. The molecule has 0 bridgehead atoms. The van der Waals surface area contributed by atoms with E-state index in [1.54, 1.807) is 0 Å². The highest BCUT2D eigenvalue weighted by Gasteiger charge is 2.19. The fourth-order valence-corrected chi connectivity index (χ4v) is 8.17. The SMILES string of the molecule is CCCCCCCCCCCCCCCCCC(=O)OC[C@H](COC(=O)CCCCCCCCCCCCCCCCC(C)C)OC(=O)CCCCCCCCCC(C)C. The van der Waals surface area contributed by atoms with Crippen molar-refractivity contribution in [3.05, 3.63) is 0 Å². The van der Waals surface area contributed by atoms with Crippen molar-refractivity contribution in [1.29, 1.82) is 0 Å². The van der Waals surface area contributed by atoms with E-state index in [-0.39, 0.29) is 31.1 Å². The van der Waals surface area contributed by atoms with Crippen LogP contribution in [0.3, 0.4) is 0 Å². The van der Waals surface area contributed by atoms with Crippen LogP contribution >= 0.6 is 0 Å². The Hall–Kier alpha value is -1.59. The van der Waals surface area contributed by atoms with Gasteiger partial charge in [-0.25, -0.2) is 0 Å². The van der Waals surface area contributed by atoms with Crippen molar-refractivity contribution in [3.63, 3.8) is 0 Å². The Kier molecular flexibility index (Phi) is 45.7. The molecule has 0 spiro atoms. The smallest absolute Gasteiger partial charge is 0.306 e. The average molecular weight is 849 g/mol. The molecular formula is C54H104O6. The number of carbonyl (C=O) groups is 3.